The van der Waals surface area contributed by atoms with Crippen LogP contribution in [-0.2, 0) is 11.3 Å². The molecule has 0 aliphatic heterocycles. The van der Waals surface area contributed by atoms with Gasteiger partial charge in [0.1, 0.15) is 0 Å². The van der Waals surface area contributed by atoms with E-state index in [0.29, 0.717) is 22.5 Å². The number of hydrogen-bond donors (Lipinski definition) is 0. The summed E-state index contributed by atoms with van der Waals surface area (Å²) in [6, 6.07) is 15.6. The normalized spacial score (nSPS) is 11.0. The maximum absolute atomic E-state index is 13.2. The molecule has 0 aliphatic rings. The van der Waals surface area contributed by atoms with Crippen molar-refractivity contribution in [3.05, 3.63) is 82.6 Å². The van der Waals surface area contributed by atoms with Crippen LogP contribution in [0.4, 0.5) is 5.13 Å². The van der Waals surface area contributed by atoms with Crippen LogP contribution >= 0.6 is 34.7 Å². The Balaban J connectivity index is 1.63. The van der Waals surface area contributed by atoms with Crippen LogP contribution in [-0.4, -0.2) is 21.6 Å². The number of benzene rings is 2. The molecule has 7 heteroatoms. The van der Waals surface area contributed by atoms with E-state index in [-0.39, 0.29) is 5.91 Å². The quantitative estimate of drug-likeness (QED) is 0.322. The van der Waals surface area contributed by atoms with Crippen LogP contribution in [0, 0.1) is 13.8 Å². The largest absolute Gasteiger partial charge is 0.283 e. The van der Waals surface area contributed by atoms with E-state index in [4.69, 9.17) is 16.6 Å². The van der Waals surface area contributed by atoms with E-state index in [1.807, 2.05) is 36.4 Å². The number of fused-ring (bicyclic) bond motifs is 1. The molecule has 2 aromatic carbocycles. The van der Waals surface area contributed by atoms with E-state index in [1.165, 1.54) is 22.9 Å². The van der Waals surface area contributed by atoms with E-state index in [9.17, 15) is 4.79 Å². The Morgan fingerprint density at radius 3 is 2.70 bits per heavy atom. The number of thiazole rings is 1. The van der Waals surface area contributed by atoms with E-state index in [2.05, 4.69) is 31.0 Å². The summed E-state index contributed by atoms with van der Waals surface area (Å²) >= 11 is 9.01. The molecule has 4 rings (SSSR count). The number of anilines is 1. The van der Waals surface area contributed by atoms with Crippen LogP contribution in [0.15, 0.2) is 65.8 Å². The SMILES string of the molecule is Cc1cc(C)c2sc(N(Cc3cccnc3)C(=O)CSc3ccc(Cl)cc3)nc2c1. The Hall–Kier alpha value is -2.41. The van der Waals surface area contributed by atoms with Crippen molar-refractivity contribution in [1.82, 2.24) is 9.97 Å². The second kappa shape index (κ2) is 9.16. The Labute approximate surface area is 188 Å². The van der Waals surface area contributed by atoms with Gasteiger partial charge in [-0.15, -0.1) is 11.8 Å². The number of thioether (sulfide) groups is 1. The van der Waals surface area contributed by atoms with Crippen LogP contribution in [0.2, 0.25) is 5.02 Å². The van der Waals surface area contributed by atoms with Crippen molar-refractivity contribution >= 4 is 56.0 Å². The Bertz CT molecular complexity index is 1180. The molecule has 30 heavy (non-hydrogen) atoms. The number of aryl methyl sites for hydroxylation is 2. The molecule has 0 bridgehead atoms. The molecule has 0 atom stereocenters. The zero-order chi connectivity index (χ0) is 21.1. The first kappa shape index (κ1) is 20.8. The minimum atomic E-state index is 0.00670. The maximum atomic E-state index is 13.2. The number of amides is 1. The monoisotopic (exact) mass is 453 g/mol. The van der Waals surface area contributed by atoms with Gasteiger partial charge in [-0.3, -0.25) is 14.7 Å². The van der Waals surface area contributed by atoms with Crippen LogP contribution in [0.25, 0.3) is 10.2 Å². The second-order valence-electron chi connectivity index (χ2n) is 7.01. The van der Waals surface area contributed by atoms with Gasteiger partial charge >= 0.3 is 0 Å². The Kier molecular flexibility index (Phi) is 6.37. The minimum absolute atomic E-state index is 0.00670. The van der Waals surface area contributed by atoms with Gasteiger partial charge in [0.15, 0.2) is 5.13 Å². The second-order valence-corrected chi connectivity index (χ2v) is 9.47. The molecule has 1 amide bonds. The van der Waals surface area contributed by atoms with Crippen LogP contribution < -0.4 is 4.90 Å². The first-order valence-electron chi connectivity index (χ1n) is 9.45. The van der Waals surface area contributed by atoms with Crippen molar-refractivity contribution in [2.75, 3.05) is 10.7 Å². The average Bonchev–Trinajstić information content (AvgIpc) is 3.16. The Morgan fingerprint density at radius 1 is 1.17 bits per heavy atom. The molecule has 0 spiro atoms. The van der Waals surface area contributed by atoms with Crippen LogP contribution in [0.1, 0.15) is 16.7 Å². The topological polar surface area (TPSA) is 46.1 Å². The first-order valence-corrected chi connectivity index (χ1v) is 11.6. The molecule has 0 radical (unpaired) electrons. The highest BCUT2D eigenvalue weighted by Crippen LogP contribution is 2.33. The van der Waals surface area contributed by atoms with E-state index in [1.54, 1.807) is 28.6 Å². The van der Waals surface area contributed by atoms with Crippen LogP contribution in [0.3, 0.4) is 0 Å². The third kappa shape index (κ3) is 4.83. The number of carbonyl (C=O) groups excluding carboxylic acids is 1. The summed E-state index contributed by atoms with van der Waals surface area (Å²) < 4.78 is 1.12. The van der Waals surface area contributed by atoms with Gasteiger partial charge in [-0.05, 0) is 66.9 Å². The Morgan fingerprint density at radius 2 is 1.97 bits per heavy atom. The lowest BCUT2D eigenvalue weighted by molar-refractivity contribution is -0.116. The van der Waals surface area contributed by atoms with Crippen molar-refractivity contribution in [1.29, 1.82) is 0 Å². The number of pyridine rings is 1. The predicted octanol–water partition coefficient (Wildman–Crippen LogP) is 6.29. The van der Waals surface area contributed by atoms with Crippen molar-refractivity contribution in [3.8, 4) is 0 Å². The fourth-order valence-corrected chi connectivity index (χ4v) is 5.10. The lowest BCUT2D eigenvalue weighted by Crippen LogP contribution is -2.31. The van der Waals surface area contributed by atoms with Crippen LogP contribution in [0.5, 0.6) is 0 Å². The summed E-state index contributed by atoms with van der Waals surface area (Å²) in [6.45, 7) is 4.58. The third-order valence-electron chi connectivity index (χ3n) is 4.58. The summed E-state index contributed by atoms with van der Waals surface area (Å²) in [5.74, 6) is 0.322. The van der Waals surface area contributed by atoms with Gasteiger partial charge in [0.25, 0.3) is 0 Å². The summed E-state index contributed by atoms with van der Waals surface area (Å²) in [5.41, 5.74) is 4.25. The molecule has 2 heterocycles. The molecular weight excluding hydrogens is 434 g/mol. The van der Waals surface area contributed by atoms with Crippen molar-refractivity contribution in [2.24, 2.45) is 0 Å². The highest BCUT2D eigenvalue weighted by molar-refractivity contribution is 8.00. The van der Waals surface area contributed by atoms with Crippen molar-refractivity contribution in [2.45, 2.75) is 25.3 Å². The highest BCUT2D eigenvalue weighted by Gasteiger charge is 2.21. The molecule has 0 saturated heterocycles. The predicted molar refractivity (Wildman–Crippen MR) is 127 cm³/mol. The number of carbonyl (C=O) groups is 1. The molecule has 0 unspecified atom stereocenters. The number of aromatic nitrogens is 2. The lowest BCUT2D eigenvalue weighted by atomic mass is 10.1. The van der Waals surface area contributed by atoms with E-state index < -0.39 is 0 Å². The fourth-order valence-electron chi connectivity index (χ4n) is 3.17. The van der Waals surface area contributed by atoms with E-state index in [0.717, 1.165) is 20.7 Å². The summed E-state index contributed by atoms with van der Waals surface area (Å²) in [4.78, 5) is 25.0. The molecule has 0 N–H and O–H groups in total. The van der Waals surface area contributed by atoms with E-state index >= 15 is 0 Å². The summed E-state index contributed by atoms with van der Waals surface area (Å²) in [6.07, 6.45) is 3.52. The average molecular weight is 454 g/mol. The van der Waals surface area contributed by atoms with Gasteiger partial charge in [-0.2, -0.15) is 0 Å². The number of rotatable bonds is 6. The fraction of sp³-hybridized carbons (Fsp3) is 0.174. The molecule has 2 aromatic heterocycles. The smallest absolute Gasteiger partial charge is 0.239 e. The molecule has 0 fully saturated rings. The number of hydrogen-bond acceptors (Lipinski definition) is 5. The standard InChI is InChI=1S/C23H20ClN3OS2/c1-15-10-16(2)22-20(11-15)26-23(30-22)27(13-17-4-3-9-25-12-17)21(28)14-29-19-7-5-18(24)6-8-19/h3-12H,13-14H2,1-2H3. The van der Waals surface area contributed by atoms with Gasteiger partial charge in [0.05, 0.1) is 22.5 Å². The van der Waals surface area contributed by atoms with Gasteiger partial charge < -0.3 is 0 Å². The highest BCUT2D eigenvalue weighted by atomic mass is 35.5. The molecule has 0 saturated carbocycles. The zero-order valence-electron chi connectivity index (χ0n) is 16.6. The zero-order valence-corrected chi connectivity index (χ0v) is 19.0. The lowest BCUT2D eigenvalue weighted by Gasteiger charge is -2.19. The van der Waals surface area contributed by atoms with Gasteiger partial charge in [0.2, 0.25) is 5.91 Å². The summed E-state index contributed by atoms with van der Waals surface area (Å²) in [5, 5.41) is 1.40. The molecular formula is C23H20ClN3OS2. The number of nitrogens with zero attached hydrogens (tertiary/aromatic N) is 3. The molecule has 0 aliphatic carbocycles. The van der Waals surface area contributed by atoms with Crippen molar-refractivity contribution < 1.29 is 4.79 Å². The summed E-state index contributed by atoms with van der Waals surface area (Å²) in [7, 11) is 0. The minimum Gasteiger partial charge on any atom is -0.283 e. The third-order valence-corrected chi connectivity index (χ3v) is 7.06. The molecule has 4 aromatic rings. The van der Waals surface area contributed by atoms with Gasteiger partial charge in [0, 0.05) is 22.3 Å². The van der Waals surface area contributed by atoms with Gasteiger partial charge in [-0.25, -0.2) is 4.98 Å². The molecule has 4 nitrogen and oxygen atoms in total. The van der Waals surface area contributed by atoms with Gasteiger partial charge in [-0.1, -0.05) is 35.1 Å². The maximum Gasteiger partial charge on any atom is 0.239 e. The molecule has 152 valence electrons. The number of halogens is 1. The van der Waals surface area contributed by atoms with Crippen molar-refractivity contribution in [3.63, 3.8) is 0 Å². The first-order chi connectivity index (χ1) is 14.5.